The Morgan fingerprint density at radius 2 is 1.54 bits per heavy atom. The van der Waals surface area contributed by atoms with Crippen molar-refractivity contribution in [3.63, 3.8) is 0 Å². The van der Waals surface area contributed by atoms with E-state index in [4.69, 9.17) is 0 Å². The minimum absolute atomic E-state index is 0.0714. The largest absolute Gasteiger partial charge is 0.405 e. The summed E-state index contributed by atoms with van der Waals surface area (Å²) in [4.78, 5) is 11.5. The van der Waals surface area contributed by atoms with E-state index in [1.807, 2.05) is 0 Å². The van der Waals surface area contributed by atoms with E-state index >= 15 is 0 Å². The lowest BCUT2D eigenvalue weighted by molar-refractivity contribution is -0.123. The number of nitrogens with one attached hydrogen (secondary N) is 2. The summed E-state index contributed by atoms with van der Waals surface area (Å²) < 4.78 is 62.9. The molecular weight excluding hydrogens is 345 g/mol. The van der Waals surface area contributed by atoms with Gasteiger partial charge in [0.05, 0.1) is 4.90 Å². The van der Waals surface area contributed by atoms with E-state index in [1.54, 1.807) is 35.6 Å². The molecular formula is C15H13F3N2O3S. The molecule has 0 atom stereocenters. The number of para-hydroxylation sites is 1. The van der Waals surface area contributed by atoms with Crippen LogP contribution in [0.4, 0.5) is 18.9 Å². The van der Waals surface area contributed by atoms with Crippen molar-refractivity contribution in [3.05, 3.63) is 60.2 Å². The SMILES string of the molecule is O=C(NCC(F)(F)F)c1ccc(S(=O)(=O)Nc2ccccc2)cc1. The lowest BCUT2D eigenvalue weighted by Gasteiger charge is -2.10. The second-order valence-corrected chi connectivity index (χ2v) is 6.48. The Labute approximate surface area is 136 Å². The molecule has 2 N–H and O–H groups in total. The first kappa shape index (κ1) is 17.8. The number of alkyl halides is 3. The minimum atomic E-state index is -4.52. The van der Waals surface area contributed by atoms with Crippen LogP contribution in [0.2, 0.25) is 0 Å². The molecule has 0 bridgehead atoms. The molecule has 0 aliphatic carbocycles. The van der Waals surface area contributed by atoms with Crippen LogP contribution in [0.1, 0.15) is 10.4 Å². The summed E-state index contributed by atoms with van der Waals surface area (Å²) in [6.45, 7) is -1.46. The van der Waals surface area contributed by atoms with Crippen LogP contribution in [0.3, 0.4) is 0 Å². The molecule has 0 spiro atoms. The van der Waals surface area contributed by atoms with Gasteiger partial charge in [-0.15, -0.1) is 0 Å². The third-order valence-corrected chi connectivity index (χ3v) is 4.30. The van der Waals surface area contributed by atoms with E-state index in [0.29, 0.717) is 5.69 Å². The Balaban J connectivity index is 2.09. The fraction of sp³-hybridized carbons (Fsp3) is 0.133. The molecule has 0 saturated heterocycles. The lowest BCUT2D eigenvalue weighted by atomic mass is 10.2. The van der Waals surface area contributed by atoms with E-state index in [1.165, 1.54) is 0 Å². The molecule has 0 heterocycles. The normalized spacial score (nSPS) is 11.8. The molecule has 1 amide bonds. The number of hydrogen-bond donors (Lipinski definition) is 2. The first-order valence-electron chi connectivity index (χ1n) is 6.70. The smallest absolute Gasteiger partial charge is 0.343 e. The molecule has 0 unspecified atom stereocenters. The highest BCUT2D eigenvalue weighted by Gasteiger charge is 2.28. The second-order valence-electron chi connectivity index (χ2n) is 4.79. The zero-order valence-corrected chi connectivity index (χ0v) is 13.0. The van der Waals surface area contributed by atoms with Gasteiger partial charge < -0.3 is 5.32 Å². The Hall–Kier alpha value is -2.55. The molecule has 5 nitrogen and oxygen atoms in total. The summed E-state index contributed by atoms with van der Waals surface area (Å²) in [5, 5.41) is 1.71. The van der Waals surface area contributed by atoms with Gasteiger partial charge in [-0.05, 0) is 36.4 Å². The van der Waals surface area contributed by atoms with Crippen LogP contribution >= 0.6 is 0 Å². The highest BCUT2D eigenvalue weighted by Crippen LogP contribution is 2.17. The van der Waals surface area contributed by atoms with E-state index in [-0.39, 0.29) is 10.5 Å². The number of amides is 1. The van der Waals surface area contributed by atoms with Gasteiger partial charge >= 0.3 is 6.18 Å². The summed E-state index contributed by atoms with van der Waals surface area (Å²) in [5.74, 6) is -0.938. The van der Waals surface area contributed by atoms with Gasteiger partial charge in [-0.25, -0.2) is 8.42 Å². The van der Waals surface area contributed by atoms with Crippen molar-refractivity contribution >= 4 is 21.6 Å². The number of sulfonamides is 1. The second kappa shape index (κ2) is 6.91. The number of carbonyl (C=O) groups is 1. The van der Waals surface area contributed by atoms with E-state index in [9.17, 15) is 26.4 Å². The lowest BCUT2D eigenvalue weighted by Crippen LogP contribution is -2.33. The topological polar surface area (TPSA) is 75.3 Å². The molecule has 128 valence electrons. The predicted octanol–water partition coefficient (Wildman–Crippen LogP) is 2.78. The molecule has 24 heavy (non-hydrogen) atoms. The third kappa shape index (κ3) is 4.98. The molecule has 0 aromatic heterocycles. The van der Waals surface area contributed by atoms with Crippen molar-refractivity contribution in [2.45, 2.75) is 11.1 Å². The van der Waals surface area contributed by atoms with Crippen LogP contribution in [0.25, 0.3) is 0 Å². The van der Waals surface area contributed by atoms with Gasteiger partial charge in [0.2, 0.25) is 0 Å². The van der Waals surface area contributed by atoms with Gasteiger partial charge in [-0.1, -0.05) is 18.2 Å². The van der Waals surface area contributed by atoms with Crippen molar-refractivity contribution in [1.82, 2.24) is 5.32 Å². The monoisotopic (exact) mass is 358 g/mol. The highest BCUT2D eigenvalue weighted by molar-refractivity contribution is 7.92. The number of carbonyl (C=O) groups excluding carboxylic acids is 1. The first-order chi connectivity index (χ1) is 11.2. The summed E-state index contributed by atoms with van der Waals surface area (Å²) in [5.41, 5.74) is 0.294. The number of rotatable bonds is 5. The number of anilines is 1. The van der Waals surface area contributed by atoms with E-state index < -0.39 is 28.7 Å². The van der Waals surface area contributed by atoms with Gasteiger partial charge in [-0.2, -0.15) is 13.2 Å². The molecule has 0 radical (unpaired) electrons. The van der Waals surface area contributed by atoms with Crippen LogP contribution in [0.15, 0.2) is 59.5 Å². The maximum Gasteiger partial charge on any atom is 0.405 e. The quantitative estimate of drug-likeness (QED) is 0.863. The maximum absolute atomic E-state index is 12.2. The van der Waals surface area contributed by atoms with Crippen molar-refractivity contribution in [2.75, 3.05) is 11.3 Å². The summed E-state index contributed by atoms with van der Waals surface area (Å²) >= 11 is 0. The molecule has 0 aliphatic rings. The van der Waals surface area contributed by atoms with E-state index in [0.717, 1.165) is 24.3 Å². The number of hydrogen-bond acceptors (Lipinski definition) is 3. The van der Waals surface area contributed by atoms with Gasteiger partial charge in [0.1, 0.15) is 6.54 Å². The standard InChI is InChI=1S/C15H13F3N2O3S/c16-15(17,18)10-19-14(21)11-6-8-13(9-7-11)24(22,23)20-12-4-2-1-3-5-12/h1-9,20H,10H2,(H,19,21). The van der Waals surface area contributed by atoms with Crippen molar-refractivity contribution < 1.29 is 26.4 Å². The number of halogens is 3. The predicted molar refractivity (Wildman–Crippen MR) is 82.1 cm³/mol. The molecule has 2 aromatic carbocycles. The van der Waals surface area contributed by atoms with Crippen LogP contribution < -0.4 is 10.0 Å². The third-order valence-electron chi connectivity index (χ3n) is 2.90. The Bertz CT molecular complexity index is 804. The zero-order valence-electron chi connectivity index (χ0n) is 12.2. The van der Waals surface area contributed by atoms with Crippen molar-refractivity contribution in [2.24, 2.45) is 0 Å². The average Bonchev–Trinajstić information content (AvgIpc) is 2.52. The molecule has 0 fully saturated rings. The molecule has 0 saturated carbocycles. The Kier molecular flexibility index (Phi) is 5.13. The fourth-order valence-electron chi connectivity index (χ4n) is 1.79. The average molecular weight is 358 g/mol. The van der Waals surface area contributed by atoms with Crippen LogP contribution in [0, 0.1) is 0 Å². The van der Waals surface area contributed by atoms with Crippen LogP contribution in [-0.2, 0) is 10.0 Å². The fourth-order valence-corrected chi connectivity index (χ4v) is 2.85. The highest BCUT2D eigenvalue weighted by atomic mass is 32.2. The summed E-state index contributed by atoms with van der Waals surface area (Å²) in [7, 11) is -3.85. The summed E-state index contributed by atoms with van der Waals surface area (Å²) in [6, 6.07) is 12.8. The van der Waals surface area contributed by atoms with Gasteiger partial charge in [0.25, 0.3) is 15.9 Å². The van der Waals surface area contributed by atoms with Gasteiger partial charge in [0, 0.05) is 11.3 Å². The molecule has 2 rings (SSSR count). The summed E-state index contributed by atoms with van der Waals surface area (Å²) in [6.07, 6.45) is -4.52. The van der Waals surface area contributed by atoms with Gasteiger partial charge in [0.15, 0.2) is 0 Å². The number of benzene rings is 2. The van der Waals surface area contributed by atoms with Gasteiger partial charge in [-0.3, -0.25) is 9.52 Å². The zero-order chi connectivity index (χ0) is 17.8. The minimum Gasteiger partial charge on any atom is -0.343 e. The van der Waals surface area contributed by atoms with E-state index in [2.05, 4.69) is 4.72 Å². The van der Waals surface area contributed by atoms with Crippen molar-refractivity contribution in [1.29, 1.82) is 0 Å². The maximum atomic E-state index is 12.2. The van der Waals surface area contributed by atoms with Crippen molar-refractivity contribution in [3.8, 4) is 0 Å². The molecule has 2 aromatic rings. The Morgan fingerprint density at radius 3 is 2.08 bits per heavy atom. The Morgan fingerprint density at radius 1 is 0.958 bits per heavy atom. The first-order valence-corrected chi connectivity index (χ1v) is 8.18. The molecule has 0 aliphatic heterocycles. The molecule has 9 heteroatoms. The van der Waals surface area contributed by atoms with Crippen LogP contribution in [0.5, 0.6) is 0 Å². The van der Waals surface area contributed by atoms with Crippen LogP contribution in [-0.4, -0.2) is 27.0 Å².